The Balaban J connectivity index is 2.16. The molecule has 0 radical (unpaired) electrons. The van der Waals surface area contributed by atoms with E-state index >= 15 is 0 Å². The first-order valence-electron chi connectivity index (χ1n) is 6.55. The van der Waals surface area contributed by atoms with Gasteiger partial charge in [0.1, 0.15) is 5.56 Å². The third kappa shape index (κ3) is 3.14. The van der Waals surface area contributed by atoms with Gasteiger partial charge in [0, 0.05) is 6.20 Å². The third-order valence-electron chi connectivity index (χ3n) is 3.81. The van der Waals surface area contributed by atoms with Gasteiger partial charge < -0.3 is 14.4 Å². The molecule has 1 aliphatic heterocycles. The maximum absolute atomic E-state index is 13.2. The van der Waals surface area contributed by atoms with Gasteiger partial charge in [0.2, 0.25) is 5.95 Å². The van der Waals surface area contributed by atoms with E-state index in [2.05, 4.69) is 4.98 Å². The summed E-state index contributed by atoms with van der Waals surface area (Å²) >= 11 is 0. The zero-order valence-corrected chi connectivity index (χ0v) is 12.4. The summed E-state index contributed by atoms with van der Waals surface area (Å²) in [6, 6.07) is 1.21. The first-order chi connectivity index (χ1) is 9.62. The number of aromatic carboxylic acids is 1. The fraction of sp³-hybridized carbons (Fsp3) is 0.429. The largest absolute Gasteiger partial charge is 0.487 e. The molecule has 2 rings (SSSR count). The molecule has 0 amide bonds. The summed E-state index contributed by atoms with van der Waals surface area (Å²) in [4.78, 5) is 14.3. The number of carboxylic acids is 1. The van der Waals surface area contributed by atoms with E-state index in [0.717, 1.165) is 0 Å². The number of carboxylic acid groups (broad SMARTS) is 1. The number of hydrogen-bond acceptors (Lipinski definition) is 4. The highest BCUT2D eigenvalue weighted by atomic mass is 19.1. The Bertz CT molecular complexity index is 585. The number of carbonyl (C=O) groups is 1. The highest BCUT2D eigenvalue weighted by molar-refractivity contribution is 6.52. The molecule has 0 bridgehead atoms. The van der Waals surface area contributed by atoms with Crippen LogP contribution in [0.5, 0.6) is 0 Å². The van der Waals surface area contributed by atoms with Crippen LogP contribution in [-0.4, -0.2) is 34.4 Å². The van der Waals surface area contributed by atoms with Gasteiger partial charge in [-0.15, -0.1) is 0 Å². The van der Waals surface area contributed by atoms with Gasteiger partial charge in [0.05, 0.1) is 11.2 Å². The van der Waals surface area contributed by atoms with Crippen molar-refractivity contribution in [2.24, 2.45) is 0 Å². The first-order valence-corrected chi connectivity index (χ1v) is 6.55. The van der Waals surface area contributed by atoms with Crippen molar-refractivity contribution in [2.45, 2.75) is 38.9 Å². The van der Waals surface area contributed by atoms with Crippen molar-refractivity contribution in [3.63, 3.8) is 0 Å². The Morgan fingerprint density at radius 2 is 1.90 bits per heavy atom. The van der Waals surface area contributed by atoms with Crippen LogP contribution in [0.4, 0.5) is 4.39 Å². The number of pyridine rings is 1. The number of rotatable bonds is 3. The Kier molecular flexibility index (Phi) is 3.90. The average Bonchev–Trinajstić information content (AvgIpc) is 2.56. The van der Waals surface area contributed by atoms with Gasteiger partial charge >= 0.3 is 13.1 Å². The van der Waals surface area contributed by atoms with E-state index in [4.69, 9.17) is 14.4 Å². The van der Waals surface area contributed by atoms with Gasteiger partial charge in [-0.2, -0.15) is 4.39 Å². The summed E-state index contributed by atoms with van der Waals surface area (Å²) in [5.74, 6) is -0.710. The molecule has 0 aromatic carbocycles. The van der Waals surface area contributed by atoms with Crippen LogP contribution in [0.2, 0.25) is 0 Å². The number of nitrogens with zero attached hydrogens (tertiary/aromatic N) is 1. The van der Waals surface area contributed by atoms with E-state index in [9.17, 15) is 9.18 Å². The first kappa shape index (κ1) is 15.7. The summed E-state index contributed by atoms with van der Waals surface area (Å²) in [6.45, 7) is 7.73. The molecule has 7 heteroatoms. The van der Waals surface area contributed by atoms with E-state index in [0.29, 0.717) is 5.56 Å². The molecule has 2 heterocycles. The highest BCUT2D eigenvalue weighted by Gasteiger charge is 2.49. The van der Waals surface area contributed by atoms with Crippen molar-refractivity contribution in [2.75, 3.05) is 0 Å². The lowest BCUT2D eigenvalue weighted by molar-refractivity contribution is 0.00578. The fourth-order valence-electron chi connectivity index (χ4n) is 1.86. The Hall–Kier alpha value is -1.73. The number of halogens is 1. The maximum atomic E-state index is 13.2. The standard InChI is InChI=1S/C14H17BFNO4/c1-13(2)14(3,4)21-15(20-13)6-5-9-7-10(12(18)19)11(16)17-8-9/h5-8H,1-4H3,(H,18,19)/b6-5+. The smallest absolute Gasteiger partial charge is 0.478 e. The molecule has 0 spiro atoms. The molecule has 0 aliphatic carbocycles. The van der Waals surface area contributed by atoms with Gasteiger partial charge in [-0.1, -0.05) is 12.1 Å². The zero-order valence-electron chi connectivity index (χ0n) is 12.4. The minimum Gasteiger partial charge on any atom is -0.478 e. The third-order valence-corrected chi connectivity index (χ3v) is 3.81. The lowest BCUT2D eigenvalue weighted by Gasteiger charge is -2.32. The normalized spacial score (nSPS) is 20.1. The molecule has 1 aromatic rings. The summed E-state index contributed by atoms with van der Waals surface area (Å²) in [5, 5.41) is 8.85. The quantitative estimate of drug-likeness (QED) is 0.685. The molecular formula is C14H17BFNO4. The summed E-state index contributed by atoms with van der Waals surface area (Å²) < 4.78 is 24.7. The lowest BCUT2D eigenvalue weighted by Crippen LogP contribution is -2.41. The molecule has 1 aromatic heterocycles. The van der Waals surface area contributed by atoms with Gasteiger partial charge in [-0.25, -0.2) is 9.78 Å². The van der Waals surface area contributed by atoms with Crippen molar-refractivity contribution in [1.29, 1.82) is 0 Å². The van der Waals surface area contributed by atoms with Crippen molar-refractivity contribution < 1.29 is 23.6 Å². The van der Waals surface area contributed by atoms with Crippen LogP contribution >= 0.6 is 0 Å². The number of hydrogen-bond donors (Lipinski definition) is 1. The summed E-state index contributed by atoms with van der Waals surface area (Å²) in [7, 11) is -0.548. The molecule has 0 saturated carbocycles. The van der Waals surface area contributed by atoms with Crippen LogP contribution in [0.1, 0.15) is 43.6 Å². The molecule has 1 saturated heterocycles. The van der Waals surface area contributed by atoms with E-state index < -0.39 is 35.8 Å². The Morgan fingerprint density at radius 3 is 2.43 bits per heavy atom. The lowest BCUT2D eigenvalue weighted by atomic mass is 9.89. The molecule has 0 unspecified atom stereocenters. The van der Waals surface area contributed by atoms with Crippen molar-refractivity contribution in [3.8, 4) is 0 Å². The van der Waals surface area contributed by atoms with Crippen LogP contribution in [0.15, 0.2) is 18.2 Å². The topological polar surface area (TPSA) is 68.7 Å². The van der Waals surface area contributed by atoms with Crippen LogP contribution in [0.3, 0.4) is 0 Å². The van der Waals surface area contributed by atoms with Crippen LogP contribution < -0.4 is 0 Å². The van der Waals surface area contributed by atoms with Crippen LogP contribution in [0, 0.1) is 5.95 Å². The van der Waals surface area contributed by atoms with Crippen molar-refractivity contribution >= 4 is 19.2 Å². The van der Waals surface area contributed by atoms with E-state index in [-0.39, 0.29) is 0 Å². The van der Waals surface area contributed by atoms with E-state index in [1.807, 2.05) is 27.7 Å². The molecule has 1 aliphatic rings. The van der Waals surface area contributed by atoms with E-state index in [1.54, 1.807) is 12.1 Å². The second kappa shape index (κ2) is 5.24. The van der Waals surface area contributed by atoms with Gasteiger partial charge in [0.15, 0.2) is 0 Å². The second-order valence-corrected chi connectivity index (χ2v) is 5.90. The number of aromatic nitrogens is 1. The van der Waals surface area contributed by atoms with Gasteiger partial charge in [0.25, 0.3) is 0 Å². The monoisotopic (exact) mass is 293 g/mol. The van der Waals surface area contributed by atoms with Gasteiger partial charge in [-0.05, 0) is 39.3 Å². The molecule has 112 valence electrons. The van der Waals surface area contributed by atoms with Crippen LogP contribution in [0.25, 0.3) is 6.08 Å². The molecule has 5 nitrogen and oxygen atoms in total. The SMILES string of the molecule is CC1(C)OB(/C=C/c2cnc(F)c(C(=O)O)c2)OC1(C)C. The van der Waals surface area contributed by atoms with E-state index in [1.165, 1.54) is 12.3 Å². The average molecular weight is 293 g/mol. The maximum Gasteiger partial charge on any atom is 0.487 e. The zero-order chi connectivity index (χ0) is 15.8. The van der Waals surface area contributed by atoms with Crippen molar-refractivity contribution in [3.05, 3.63) is 35.3 Å². The van der Waals surface area contributed by atoms with Gasteiger partial charge in [-0.3, -0.25) is 0 Å². The minimum absolute atomic E-state index is 0.449. The minimum atomic E-state index is -1.36. The Morgan fingerprint density at radius 1 is 1.33 bits per heavy atom. The molecule has 1 fully saturated rings. The second-order valence-electron chi connectivity index (χ2n) is 5.90. The van der Waals surface area contributed by atoms with Crippen molar-refractivity contribution in [1.82, 2.24) is 4.98 Å². The van der Waals surface area contributed by atoms with Crippen LogP contribution in [-0.2, 0) is 9.31 Å². The summed E-state index contributed by atoms with van der Waals surface area (Å²) in [5.41, 5.74) is -0.903. The Labute approximate surface area is 122 Å². The predicted octanol–water partition coefficient (Wildman–Crippen LogP) is 2.56. The fourth-order valence-corrected chi connectivity index (χ4v) is 1.86. The highest BCUT2D eigenvalue weighted by Crippen LogP contribution is 2.37. The summed E-state index contributed by atoms with van der Waals surface area (Å²) in [6.07, 6.45) is 2.85. The molecular weight excluding hydrogens is 276 g/mol. The molecule has 21 heavy (non-hydrogen) atoms. The molecule has 0 atom stereocenters. The molecule has 1 N–H and O–H groups in total. The predicted molar refractivity (Wildman–Crippen MR) is 76.3 cm³/mol.